The largest absolute Gasteiger partial charge is 0.493 e. The smallest absolute Gasteiger partial charge is 0.203 e. The Hall–Kier alpha value is -2.43. The van der Waals surface area contributed by atoms with Gasteiger partial charge >= 0.3 is 0 Å². The Morgan fingerprint density at radius 3 is 2.16 bits per heavy atom. The van der Waals surface area contributed by atoms with Gasteiger partial charge < -0.3 is 35.9 Å². The number of thioether (sulfide) groups is 1. The molecule has 1 aliphatic heterocycles. The van der Waals surface area contributed by atoms with Gasteiger partial charge in [0.1, 0.15) is 11.6 Å². The van der Waals surface area contributed by atoms with E-state index < -0.39 is 0 Å². The molecular formula is C21H32N6O3S. The van der Waals surface area contributed by atoms with Crippen LogP contribution in [0.2, 0.25) is 0 Å². The van der Waals surface area contributed by atoms with Gasteiger partial charge in [0, 0.05) is 43.9 Å². The van der Waals surface area contributed by atoms with Crippen molar-refractivity contribution in [3.63, 3.8) is 0 Å². The van der Waals surface area contributed by atoms with Crippen LogP contribution in [0.3, 0.4) is 0 Å². The molecule has 3 rings (SSSR count). The van der Waals surface area contributed by atoms with E-state index in [2.05, 4.69) is 20.2 Å². The number of methoxy groups -OCH3 is 3. The maximum atomic E-state index is 6.24. The zero-order valence-corrected chi connectivity index (χ0v) is 19.3. The maximum absolute atomic E-state index is 6.24. The van der Waals surface area contributed by atoms with Crippen LogP contribution in [0.25, 0.3) is 0 Å². The average molecular weight is 449 g/mol. The summed E-state index contributed by atoms with van der Waals surface area (Å²) in [4.78, 5) is 11.4. The molecule has 1 fully saturated rings. The number of ether oxygens (including phenoxy) is 3. The minimum atomic E-state index is 0.394. The van der Waals surface area contributed by atoms with Crippen molar-refractivity contribution in [1.82, 2.24) is 20.2 Å². The van der Waals surface area contributed by atoms with Crippen LogP contribution in [0.1, 0.15) is 17.5 Å². The lowest BCUT2D eigenvalue weighted by atomic mass is 10.0. The van der Waals surface area contributed by atoms with E-state index in [0.717, 1.165) is 50.5 Å². The fraction of sp³-hybridized carbons (Fsp3) is 0.524. The second-order valence-electron chi connectivity index (χ2n) is 7.26. The standard InChI is InChI=1S/C21H32N6O3S/c1-28-16-12-14(13-17(29-2)18(16)30-3)11-15-19(22)25-21(26-20(15)23)31-10-4-7-27-8-5-24-6-9-27/h12-13,24H,4-11H2,1-3H3,(H4,22,23,25,26). The minimum Gasteiger partial charge on any atom is -0.493 e. The number of hydrogen-bond donors (Lipinski definition) is 3. The third-order valence-corrected chi connectivity index (χ3v) is 6.15. The summed E-state index contributed by atoms with van der Waals surface area (Å²) >= 11 is 1.59. The fourth-order valence-electron chi connectivity index (χ4n) is 3.57. The molecule has 0 atom stereocenters. The number of nitrogen functional groups attached to an aromatic ring is 2. The fourth-order valence-corrected chi connectivity index (χ4v) is 4.35. The maximum Gasteiger partial charge on any atom is 0.203 e. The molecule has 2 heterocycles. The lowest BCUT2D eigenvalue weighted by Crippen LogP contribution is -2.43. The molecule has 170 valence electrons. The van der Waals surface area contributed by atoms with E-state index in [1.807, 2.05) is 12.1 Å². The quantitative estimate of drug-likeness (QED) is 0.281. The van der Waals surface area contributed by atoms with E-state index in [1.165, 1.54) is 0 Å². The van der Waals surface area contributed by atoms with Crippen LogP contribution in [0.4, 0.5) is 11.6 Å². The molecule has 10 heteroatoms. The van der Waals surface area contributed by atoms with Crippen LogP contribution in [-0.4, -0.2) is 74.7 Å². The number of hydrogen-bond acceptors (Lipinski definition) is 10. The van der Waals surface area contributed by atoms with Crippen molar-refractivity contribution in [2.24, 2.45) is 0 Å². The number of anilines is 2. The van der Waals surface area contributed by atoms with Crippen LogP contribution in [-0.2, 0) is 6.42 Å². The van der Waals surface area contributed by atoms with Gasteiger partial charge in [-0.2, -0.15) is 0 Å². The van der Waals surface area contributed by atoms with Gasteiger partial charge in [0.2, 0.25) is 5.75 Å². The molecule has 1 aliphatic rings. The van der Waals surface area contributed by atoms with Gasteiger partial charge in [0.15, 0.2) is 16.7 Å². The van der Waals surface area contributed by atoms with Crippen molar-refractivity contribution in [1.29, 1.82) is 0 Å². The highest BCUT2D eigenvalue weighted by molar-refractivity contribution is 7.99. The van der Waals surface area contributed by atoms with E-state index in [0.29, 0.717) is 46.0 Å². The lowest BCUT2D eigenvalue weighted by molar-refractivity contribution is 0.242. The number of benzene rings is 1. The summed E-state index contributed by atoms with van der Waals surface area (Å²) in [5.41, 5.74) is 14.1. The molecular weight excluding hydrogens is 416 g/mol. The SMILES string of the molecule is COc1cc(Cc2c(N)nc(SCCCN3CCNCC3)nc2N)cc(OC)c1OC. The Bertz CT molecular complexity index is 828. The highest BCUT2D eigenvalue weighted by Crippen LogP contribution is 2.39. The molecule has 9 nitrogen and oxygen atoms in total. The van der Waals surface area contributed by atoms with E-state index in [4.69, 9.17) is 25.7 Å². The van der Waals surface area contributed by atoms with Gasteiger partial charge in [-0.1, -0.05) is 11.8 Å². The van der Waals surface area contributed by atoms with E-state index in [-0.39, 0.29) is 0 Å². The van der Waals surface area contributed by atoms with Crippen LogP contribution in [0, 0.1) is 0 Å². The van der Waals surface area contributed by atoms with Crippen molar-refractivity contribution in [3.8, 4) is 17.2 Å². The molecule has 1 saturated heterocycles. The second-order valence-corrected chi connectivity index (χ2v) is 8.32. The van der Waals surface area contributed by atoms with Gasteiger partial charge in [-0.15, -0.1) is 0 Å². The van der Waals surface area contributed by atoms with Gasteiger partial charge in [-0.3, -0.25) is 0 Å². The van der Waals surface area contributed by atoms with Crippen molar-refractivity contribution in [2.75, 3.05) is 71.3 Å². The summed E-state index contributed by atoms with van der Waals surface area (Å²) in [6.45, 7) is 5.43. The first kappa shape index (κ1) is 23.2. The zero-order valence-electron chi connectivity index (χ0n) is 18.4. The molecule has 0 radical (unpaired) electrons. The Kier molecular flexibility index (Phi) is 8.44. The van der Waals surface area contributed by atoms with Gasteiger partial charge in [0.25, 0.3) is 0 Å². The molecule has 1 aromatic carbocycles. The molecule has 1 aromatic heterocycles. The number of nitrogens with zero attached hydrogens (tertiary/aromatic N) is 3. The Morgan fingerprint density at radius 1 is 1.00 bits per heavy atom. The molecule has 0 amide bonds. The van der Waals surface area contributed by atoms with E-state index in [9.17, 15) is 0 Å². The normalized spacial score (nSPS) is 14.4. The molecule has 31 heavy (non-hydrogen) atoms. The number of nitrogens with two attached hydrogens (primary N) is 2. The second kappa shape index (κ2) is 11.3. The number of piperazine rings is 1. The van der Waals surface area contributed by atoms with Crippen molar-refractivity contribution in [2.45, 2.75) is 18.0 Å². The summed E-state index contributed by atoms with van der Waals surface area (Å²) in [6.07, 6.45) is 1.53. The van der Waals surface area contributed by atoms with Crippen molar-refractivity contribution in [3.05, 3.63) is 23.3 Å². The lowest BCUT2D eigenvalue weighted by Gasteiger charge is -2.26. The van der Waals surface area contributed by atoms with E-state index in [1.54, 1.807) is 33.1 Å². The van der Waals surface area contributed by atoms with Gasteiger partial charge in [-0.25, -0.2) is 9.97 Å². The number of rotatable bonds is 10. The average Bonchev–Trinajstić information content (AvgIpc) is 2.79. The van der Waals surface area contributed by atoms with Gasteiger partial charge in [0.05, 0.1) is 21.3 Å². The number of aromatic nitrogens is 2. The summed E-state index contributed by atoms with van der Waals surface area (Å²) in [7, 11) is 4.74. The highest BCUT2D eigenvalue weighted by atomic mass is 32.2. The summed E-state index contributed by atoms with van der Waals surface area (Å²) in [5, 5.41) is 3.98. The zero-order chi connectivity index (χ0) is 22.2. The van der Waals surface area contributed by atoms with Crippen LogP contribution in [0.5, 0.6) is 17.2 Å². The molecule has 2 aromatic rings. The Balaban J connectivity index is 1.65. The summed E-state index contributed by atoms with van der Waals surface area (Å²) in [6, 6.07) is 3.75. The first-order valence-electron chi connectivity index (χ1n) is 10.3. The third-order valence-electron chi connectivity index (χ3n) is 5.22. The minimum absolute atomic E-state index is 0.394. The number of nitrogens with one attached hydrogen (secondary N) is 1. The Labute approximate surface area is 187 Å². The van der Waals surface area contributed by atoms with Crippen molar-refractivity contribution < 1.29 is 14.2 Å². The van der Waals surface area contributed by atoms with Crippen LogP contribution >= 0.6 is 11.8 Å². The molecule has 0 spiro atoms. The Morgan fingerprint density at radius 2 is 1.61 bits per heavy atom. The summed E-state index contributed by atoms with van der Waals surface area (Å²) in [5.74, 6) is 3.41. The van der Waals surface area contributed by atoms with Crippen LogP contribution in [0.15, 0.2) is 17.3 Å². The topological polar surface area (TPSA) is 121 Å². The molecule has 0 bridgehead atoms. The molecule has 0 saturated carbocycles. The predicted molar refractivity (Wildman–Crippen MR) is 124 cm³/mol. The summed E-state index contributed by atoms with van der Waals surface area (Å²) < 4.78 is 16.2. The predicted octanol–water partition coefficient (Wildman–Crippen LogP) is 1.65. The first-order valence-corrected chi connectivity index (χ1v) is 11.3. The first-order chi connectivity index (χ1) is 15.0. The van der Waals surface area contributed by atoms with Crippen LogP contribution < -0.4 is 31.0 Å². The molecule has 0 unspecified atom stereocenters. The van der Waals surface area contributed by atoms with Crippen molar-refractivity contribution >= 4 is 23.4 Å². The third kappa shape index (κ3) is 6.05. The van der Waals surface area contributed by atoms with Gasteiger partial charge in [-0.05, 0) is 30.7 Å². The molecule has 0 aliphatic carbocycles. The monoisotopic (exact) mass is 448 g/mol. The molecule has 5 N–H and O–H groups in total. The highest BCUT2D eigenvalue weighted by Gasteiger charge is 2.17. The van der Waals surface area contributed by atoms with E-state index >= 15 is 0 Å².